The van der Waals surface area contributed by atoms with Crippen LogP contribution < -0.4 is 5.32 Å². The first-order valence-electron chi connectivity index (χ1n) is 7.77. The lowest BCUT2D eigenvalue weighted by atomic mass is 9.84. The molecule has 1 aromatic rings. The lowest BCUT2D eigenvalue weighted by molar-refractivity contribution is 0.195. The third kappa shape index (κ3) is 4.00. The smallest absolute Gasteiger partial charge is 0.0409 e. The van der Waals surface area contributed by atoms with E-state index in [1.54, 1.807) is 0 Å². The Balaban J connectivity index is 2.14. The third-order valence-electron chi connectivity index (χ3n) is 4.38. The first-order valence-corrected chi connectivity index (χ1v) is 8.15. The maximum absolute atomic E-state index is 6.21. The number of halogens is 1. The Morgan fingerprint density at radius 2 is 2.00 bits per heavy atom. The predicted molar refractivity (Wildman–Crippen MR) is 92.0 cm³/mol. The largest absolute Gasteiger partial charge is 0.309 e. The van der Waals surface area contributed by atoms with Crippen LogP contribution in [0.2, 0.25) is 5.02 Å². The van der Waals surface area contributed by atoms with Gasteiger partial charge in [-0.25, -0.2) is 0 Å². The highest BCUT2D eigenvalue weighted by Crippen LogP contribution is 2.46. The molecule has 0 saturated carbocycles. The van der Waals surface area contributed by atoms with E-state index in [1.807, 2.05) is 6.07 Å². The van der Waals surface area contributed by atoms with E-state index in [0.717, 1.165) is 24.5 Å². The molecule has 1 unspecified atom stereocenters. The van der Waals surface area contributed by atoms with E-state index in [2.05, 4.69) is 64.1 Å². The van der Waals surface area contributed by atoms with Crippen LogP contribution in [0, 0.1) is 10.8 Å². The van der Waals surface area contributed by atoms with Gasteiger partial charge < -0.3 is 10.2 Å². The van der Waals surface area contributed by atoms with E-state index < -0.39 is 0 Å². The minimum atomic E-state index is 0.237. The van der Waals surface area contributed by atoms with E-state index in [9.17, 15) is 0 Å². The lowest BCUT2D eigenvalue weighted by Crippen LogP contribution is -2.41. The number of benzene rings is 1. The van der Waals surface area contributed by atoms with Crippen LogP contribution >= 0.6 is 11.6 Å². The molecule has 0 aromatic heterocycles. The summed E-state index contributed by atoms with van der Waals surface area (Å²) >= 11 is 6.21. The van der Waals surface area contributed by atoms with Crippen molar-refractivity contribution in [2.45, 2.75) is 40.2 Å². The molecule has 0 saturated heterocycles. The molecular weight excluding hydrogens is 280 g/mol. The standard InChI is InChI=1S/C18H29ClN2/c1-17(2,12-21(5)6)11-20-16-15-9-14(19)8-7-13(15)10-18(16,3)4/h7-9,16,20H,10-12H2,1-6H3. The zero-order valence-corrected chi connectivity index (χ0v) is 15.0. The average Bonchev–Trinajstić information content (AvgIpc) is 2.54. The summed E-state index contributed by atoms with van der Waals surface area (Å²) in [5.74, 6) is 0. The summed E-state index contributed by atoms with van der Waals surface area (Å²) < 4.78 is 0. The van der Waals surface area contributed by atoms with E-state index in [4.69, 9.17) is 11.6 Å². The molecule has 3 heteroatoms. The molecule has 1 N–H and O–H groups in total. The summed E-state index contributed by atoms with van der Waals surface area (Å²) in [4.78, 5) is 2.26. The maximum Gasteiger partial charge on any atom is 0.0409 e. The highest BCUT2D eigenvalue weighted by molar-refractivity contribution is 6.30. The van der Waals surface area contributed by atoms with E-state index in [-0.39, 0.29) is 10.8 Å². The predicted octanol–water partition coefficient (Wildman–Crippen LogP) is 4.14. The number of hydrogen-bond donors (Lipinski definition) is 1. The van der Waals surface area contributed by atoms with Crippen LogP contribution in [0.1, 0.15) is 44.9 Å². The molecule has 0 bridgehead atoms. The molecule has 0 heterocycles. The summed E-state index contributed by atoms with van der Waals surface area (Å²) in [6.07, 6.45) is 1.12. The Hall–Kier alpha value is -0.570. The Labute approximate surface area is 134 Å². The molecule has 1 aliphatic rings. The fourth-order valence-corrected chi connectivity index (χ4v) is 3.87. The van der Waals surface area contributed by atoms with Gasteiger partial charge in [0.25, 0.3) is 0 Å². The van der Waals surface area contributed by atoms with Crippen molar-refractivity contribution in [1.82, 2.24) is 10.2 Å². The molecule has 2 rings (SSSR count). The van der Waals surface area contributed by atoms with Crippen molar-refractivity contribution in [3.05, 3.63) is 34.3 Å². The molecular formula is C18H29ClN2. The van der Waals surface area contributed by atoms with Crippen LogP contribution in [-0.4, -0.2) is 32.1 Å². The van der Waals surface area contributed by atoms with Gasteiger partial charge in [0, 0.05) is 24.2 Å². The third-order valence-corrected chi connectivity index (χ3v) is 4.61. The van der Waals surface area contributed by atoms with Crippen molar-refractivity contribution >= 4 is 11.6 Å². The van der Waals surface area contributed by atoms with Gasteiger partial charge in [0.05, 0.1) is 0 Å². The van der Waals surface area contributed by atoms with E-state index in [1.165, 1.54) is 11.1 Å². The molecule has 1 aromatic carbocycles. The van der Waals surface area contributed by atoms with Gasteiger partial charge >= 0.3 is 0 Å². The normalized spacial score (nSPS) is 20.9. The van der Waals surface area contributed by atoms with Gasteiger partial charge in [0.1, 0.15) is 0 Å². The van der Waals surface area contributed by atoms with Crippen molar-refractivity contribution in [3.63, 3.8) is 0 Å². The number of hydrogen-bond acceptors (Lipinski definition) is 2. The fraction of sp³-hybridized carbons (Fsp3) is 0.667. The number of nitrogens with zero attached hydrogens (tertiary/aromatic N) is 1. The Bertz CT molecular complexity index is 506. The zero-order chi connectivity index (χ0) is 15.8. The van der Waals surface area contributed by atoms with Gasteiger partial charge in [0.15, 0.2) is 0 Å². The van der Waals surface area contributed by atoms with Gasteiger partial charge in [-0.15, -0.1) is 0 Å². The van der Waals surface area contributed by atoms with Crippen molar-refractivity contribution in [2.24, 2.45) is 10.8 Å². The Morgan fingerprint density at radius 1 is 1.33 bits per heavy atom. The molecule has 0 aliphatic heterocycles. The number of rotatable bonds is 5. The molecule has 1 atom stereocenters. The minimum absolute atomic E-state index is 0.237. The van der Waals surface area contributed by atoms with Crippen LogP contribution in [0.4, 0.5) is 0 Å². The van der Waals surface area contributed by atoms with Gasteiger partial charge in [-0.3, -0.25) is 0 Å². The number of fused-ring (bicyclic) bond motifs is 1. The van der Waals surface area contributed by atoms with Crippen molar-refractivity contribution in [1.29, 1.82) is 0 Å². The summed E-state index contributed by atoms with van der Waals surface area (Å²) in [6, 6.07) is 6.72. The minimum Gasteiger partial charge on any atom is -0.309 e. The molecule has 0 spiro atoms. The average molecular weight is 309 g/mol. The number of nitrogens with one attached hydrogen (secondary N) is 1. The fourth-order valence-electron chi connectivity index (χ4n) is 3.69. The second kappa shape index (κ2) is 5.91. The Kier molecular flexibility index (Phi) is 4.72. The van der Waals surface area contributed by atoms with Crippen LogP contribution in [0.5, 0.6) is 0 Å². The van der Waals surface area contributed by atoms with Gasteiger partial charge in [-0.2, -0.15) is 0 Å². The highest BCUT2D eigenvalue weighted by atomic mass is 35.5. The van der Waals surface area contributed by atoms with Crippen molar-refractivity contribution < 1.29 is 0 Å². The van der Waals surface area contributed by atoms with Gasteiger partial charge in [-0.05, 0) is 54.6 Å². The molecule has 21 heavy (non-hydrogen) atoms. The van der Waals surface area contributed by atoms with Crippen LogP contribution in [0.3, 0.4) is 0 Å². The van der Waals surface area contributed by atoms with Gasteiger partial charge in [0.2, 0.25) is 0 Å². The SMILES string of the molecule is CN(C)CC(C)(C)CNC1c2cc(Cl)ccc2CC1(C)C. The van der Waals surface area contributed by atoms with Gasteiger partial charge in [-0.1, -0.05) is 45.4 Å². The van der Waals surface area contributed by atoms with Crippen LogP contribution in [-0.2, 0) is 6.42 Å². The molecule has 0 fully saturated rings. The van der Waals surface area contributed by atoms with E-state index in [0.29, 0.717) is 6.04 Å². The van der Waals surface area contributed by atoms with Crippen molar-refractivity contribution in [2.75, 3.05) is 27.2 Å². The monoisotopic (exact) mass is 308 g/mol. The first-order chi connectivity index (χ1) is 9.61. The van der Waals surface area contributed by atoms with Crippen molar-refractivity contribution in [3.8, 4) is 0 Å². The highest BCUT2D eigenvalue weighted by Gasteiger charge is 2.39. The zero-order valence-electron chi connectivity index (χ0n) is 14.3. The van der Waals surface area contributed by atoms with Crippen LogP contribution in [0.25, 0.3) is 0 Å². The molecule has 1 aliphatic carbocycles. The summed E-state index contributed by atoms with van der Waals surface area (Å²) in [5.41, 5.74) is 3.31. The molecule has 0 radical (unpaired) electrons. The quantitative estimate of drug-likeness (QED) is 0.879. The topological polar surface area (TPSA) is 15.3 Å². The summed E-state index contributed by atoms with van der Waals surface area (Å²) in [6.45, 7) is 11.4. The molecule has 0 amide bonds. The second-order valence-electron chi connectivity index (χ2n) is 8.22. The molecule has 118 valence electrons. The summed E-state index contributed by atoms with van der Waals surface area (Å²) in [5, 5.41) is 4.65. The molecule has 2 nitrogen and oxygen atoms in total. The first kappa shape index (κ1) is 16.8. The Morgan fingerprint density at radius 3 is 2.62 bits per heavy atom. The second-order valence-corrected chi connectivity index (χ2v) is 8.66. The van der Waals surface area contributed by atoms with E-state index >= 15 is 0 Å². The summed E-state index contributed by atoms with van der Waals surface area (Å²) in [7, 11) is 4.27. The maximum atomic E-state index is 6.21. The van der Waals surface area contributed by atoms with Crippen LogP contribution in [0.15, 0.2) is 18.2 Å². The lowest BCUT2D eigenvalue weighted by Gasteiger charge is -2.34.